The highest BCUT2D eigenvalue weighted by atomic mass is 15.1. The third-order valence-electron chi connectivity index (χ3n) is 16.2. The van der Waals surface area contributed by atoms with Gasteiger partial charge in [-0.15, -0.1) is 0 Å². The molecule has 2 aliphatic carbocycles. The quantitative estimate of drug-likeness (QED) is 0.132. The zero-order valence-corrected chi connectivity index (χ0v) is 44.1. The largest absolute Gasteiger partial charge is 0.310 e. The van der Waals surface area contributed by atoms with Crippen LogP contribution in [0, 0.1) is 5.41 Å². The first-order valence-electron chi connectivity index (χ1n) is 26.9. The molecule has 366 valence electrons. The van der Waals surface area contributed by atoms with E-state index < -0.39 is 5.41 Å². The Labute approximate surface area is 449 Å². The van der Waals surface area contributed by atoms with Crippen LogP contribution in [0.15, 0.2) is 267 Å². The van der Waals surface area contributed by atoms with Crippen molar-refractivity contribution in [1.29, 1.82) is 0 Å². The van der Waals surface area contributed by atoms with Crippen LogP contribution in [0.2, 0.25) is 0 Å². The van der Waals surface area contributed by atoms with Gasteiger partial charge in [0.25, 0.3) is 0 Å². The highest BCUT2D eigenvalue weighted by molar-refractivity contribution is 6.00. The summed E-state index contributed by atoms with van der Waals surface area (Å²) in [6, 6.07) is 99.8. The second kappa shape index (κ2) is 18.6. The second-order valence-electron chi connectivity index (χ2n) is 22.7. The summed E-state index contributed by atoms with van der Waals surface area (Å²) in [7, 11) is 0. The standard InChI is InChI=1S/C75H61N/c1-73(2,3)50-58-45-56(52-25-13-7-14-26-52)47-67-71-66(55-27-15-8-16-28-55)46-57(48-70(71)75(72(58)67,59-29-17-9-18-30-59)60-31-19-10-20-32-60)54-37-41-62(42-38-54)76(61-39-35-53(36-40-61)51-23-11-6-12-24-51)63-43-44-65-64-33-21-22-34-68(64)74(4,5)69(65)49-63/h6-49H,50H2,1-5H3. The van der Waals surface area contributed by atoms with Gasteiger partial charge >= 0.3 is 0 Å². The molecular formula is C75H61N. The van der Waals surface area contributed by atoms with Crippen LogP contribution in [0.3, 0.4) is 0 Å². The van der Waals surface area contributed by atoms with Crippen LogP contribution < -0.4 is 4.90 Å². The fourth-order valence-corrected chi connectivity index (χ4v) is 12.9. The fourth-order valence-electron chi connectivity index (χ4n) is 12.9. The highest BCUT2D eigenvalue weighted by Gasteiger charge is 2.49. The summed E-state index contributed by atoms with van der Waals surface area (Å²) in [5.41, 5.74) is 26.9. The van der Waals surface area contributed by atoms with E-state index in [-0.39, 0.29) is 10.8 Å². The van der Waals surface area contributed by atoms with Crippen LogP contribution in [0.25, 0.3) is 66.8 Å². The first kappa shape index (κ1) is 47.0. The lowest BCUT2D eigenvalue weighted by Gasteiger charge is -2.36. The van der Waals surface area contributed by atoms with Gasteiger partial charge in [-0.2, -0.15) is 0 Å². The normalized spacial score (nSPS) is 13.6. The highest BCUT2D eigenvalue weighted by Crippen LogP contribution is 2.61. The average Bonchev–Trinajstić information content (AvgIpc) is 4.08. The van der Waals surface area contributed by atoms with Gasteiger partial charge in [-0.05, 0) is 172 Å². The molecule has 0 amide bonds. The number of hydrogen-bond acceptors (Lipinski definition) is 1. The van der Waals surface area contributed by atoms with E-state index in [1.807, 2.05) is 0 Å². The number of anilines is 3. The minimum Gasteiger partial charge on any atom is -0.310 e. The fraction of sp³-hybridized carbons (Fsp3) is 0.120. The van der Waals surface area contributed by atoms with Crippen LogP contribution in [0.1, 0.15) is 73.6 Å². The van der Waals surface area contributed by atoms with Gasteiger partial charge in [-0.1, -0.05) is 247 Å². The Balaban J connectivity index is 1.03. The van der Waals surface area contributed by atoms with Crippen LogP contribution in [0.4, 0.5) is 17.1 Å². The van der Waals surface area contributed by atoms with Crippen molar-refractivity contribution in [2.45, 2.75) is 51.9 Å². The average molecular weight is 976 g/mol. The van der Waals surface area contributed by atoms with Gasteiger partial charge in [-0.25, -0.2) is 0 Å². The third-order valence-corrected chi connectivity index (χ3v) is 16.2. The molecule has 11 aromatic rings. The van der Waals surface area contributed by atoms with E-state index in [1.165, 1.54) is 106 Å². The zero-order valence-electron chi connectivity index (χ0n) is 44.1. The lowest BCUT2D eigenvalue weighted by molar-refractivity contribution is 0.409. The lowest BCUT2D eigenvalue weighted by atomic mass is 9.65. The van der Waals surface area contributed by atoms with Gasteiger partial charge in [0, 0.05) is 22.5 Å². The van der Waals surface area contributed by atoms with Crippen molar-refractivity contribution in [1.82, 2.24) is 0 Å². The molecule has 0 spiro atoms. The molecule has 0 aromatic heterocycles. The molecule has 0 saturated carbocycles. The van der Waals surface area contributed by atoms with Crippen molar-refractivity contribution >= 4 is 17.1 Å². The maximum Gasteiger partial charge on any atom is 0.0716 e. The van der Waals surface area contributed by atoms with E-state index >= 15 is 0 Å². The molecule has 0 saturated heterocycles. The first-order valence-corrected chi connectivity index (χ1v) is 26.9. The minimum absolute atomic E-state index is 0.0188. The molecule has 0 N–H and O–H groups in total. The van der Waals surface area contributed by atoms with E-state index in [4.69, 9.17) is 0 Å². The lowest BCUT2D eigenvalue weighted by Crippen LogP contribution is -2.30. The van der Waals surface area contributed by atoms with E-state index in [2.05, 4.69) is 306 Å². The molecule has 2 aliphatic rings. The zero-order chi connectivity index (χ0) is 51.6. The molecule has 1 heteroatoms. The summed E-state index contributed by atoms with van der Waals surface area (Å²) in [5.74, 6) is 0. The van der Waals surface area contributed by atoms with E-state index in [1.54, 1.807) is 0 Å². The van der Waals surface area contributed by atoms with E-state index in [0.29, 0.717) is 0 Å². The summed E-state index contributed by atoms with van der Waals surface area (Å²) < 4.78 is 0. The predicted octanol–water partition coefficient (Wildman–Crippen LogP) is 20.1. The molecule has 0 atom stereocenters. The molecule has 11 aromatic carbocycles. The van der Waals surface area contributed by atoms with Gasteiger partial charge in [0.2, 0.25) is 0 Å². The van der Waals surface area contributed by atoms with Gasteiger partial charge in [0.1, 0.15) is 0 Å². The van der Waals surface area contributed by atoms with Crippen LogP contribution in [-0.2, 0) is 17.3 Å². The Kier molecular flexibility index (Phi) is 11.5. The number of benzene rings is 11. The van der Waals surface area contributed by atoms with Gasteiger partial charge in [0.05, 0.1) is 5.41 Å². The monoisotopic (exact) mass is 975 g/mol. The number of nitrogens with zero attached hydrogens (tertiary/aromatic N) is 1. The van der Waals surface area contributed by atoms with Crippen molar-refractivity contribution < 1.29 is 0 Å². The van der Waals surface area contributed by atoms with Gasteiger partial charge in [-0.3, -0.25) is 0 Å². The van der Waals surface area contributed by atoms with Crippen molar-refractivity contribution in [2.75, 3.05) is 4.90 Å². The second-order valence-corrected chi connectivity index (χ2v) is 22.7. The Morgan fingerprint density at radius 3 is 1.33 bits per heavy atom. The number of fused-ring (bicyclic) bond motifs is 6. The Hall–Kier alpha value is -8.78. The van der Waals surface area contributed by atoms with E-state index in [0.717, 1.165) is 23.5 Å². The maximum absolute atomic E-state index is 2.54. The van der Waals surface area contributed by atoms with E-state index in [9.17, 15) is 0 Å². The summed E-state index contributed by atoms with van der Waals surface area (Å²) in [6.45, 7) is 11.9. The van der Waals surface area contributed by atoms with Gasteiger partial charge in [0.15, 0.2) is 0 Å². The molecule has 0 unspecified atom stereocenters. The molecular weight excluding hydrogens is 915 g/mol. The molecule has 13 rings (SSSR count). The minimum atomic E-state index is -0.619. The third kappa shape index (κ3) is 7.93. The summed E-state index contributed by atoms with van der Waals surface area (Å²) in [4.78, 5) is 2.43. The predicted molar refractivity (Wildman–Crippen MR) is 321 cm³/mol. The van der Waals surface area contributed by atoms with Crippen molar-refractivity contribution in [3.05, 3.63) is 306 Å². The molecule has 1 nitrogen and oxygen atoms in total. The van der Waals surface area contributed by atoms with Gasteiger partial charge < -0.3 is 4.90 Å². The Morgan fingerprint density at radius 1 is 0.329 bits per heavy atom. The molecule has 0 heterocycles. The smallest absolute Gasteiger partial charge is 0.0716 e. The molecule has 0 radical (unpaired) electrons. The molecule has 0 aliphatic heterocycles. The summed E-state index contributed by atoms with van der Waals surface area (Å²) >= 11 is 0. The summed E-state index contributed by atoms with van der Waals surface area (Å²) in [5, 5.41) is 0. The van der Waals surface area contributed by atoms with Crippen LogP contribution in [0.5, 0.6) is 0 Å². The Morgan fingerprint density at radius 2 is 0.763 bits per heavy atom. The molecule has 0 bridgehead atoms. The topological polar surface area (TPSA) is 3.24 Å². The molecule has 76 heavy (non-hydrogen) atoms. The van der Waals surface area contributed by atoms with Crippen molar-refractivity contribution in [3.8, 4) is 66.8 Å². The Bertz CT molecular complexity index is 3860. The number of hydrogen-bond donors (Lipinski definition) is 0. The van der Waals surface area contributed by atoms with Crippen LogP contribution >= 0.6 is 0 Å². The van der Waals surface area contributed by atoms with Crippen molar-refractivity contribution in [2.24, 2.45) is 5.41 Å². The summed E-state index contributed by atoms with van der Waals surface area (Å²) in [6.07, 6.45) is 0.917. The number of rotatable bonds is 10. The van der Waals surface area contributed by atoms with Crippen molar-refractivity contribution in [3.63, 3.8) is 0 Å². The first-order chi connectivity index (χ1) is 37.1. The maximum atomic E-state index is 2.54. The SMILES string of the molecule is CC(C)(C)Cc1cc(-c2ccccc2)cc2c1C(c1ccccc1)(c1ccccc1)c1cc(-c3ccc(N(c4ccc(-c5ccccc5)cc4)c4ccc5c(c4)C(C)(C)c4ccccc4-5)cc3)cc(-c3ccccc3)c1-2. The molecule has 0 fully saturated rings. The van der Waals surface area contributed by atoms with Crippen LogP contribution in [-0.4, -0.2) is 0 Å².